The summed E-state index contributed by atoms with van der Waals surface area (Å²) in [4.78, 5) is 23.0. The third-order valence-electron chi connectivity index (χ3n) is 4.88. The van der Waals surface area contributed by atoms with Crippen LogP contribution >= 0.6 is 11.6 Å². The maximum atomic E-state index is 12.5. The molecule has 0 unspecified atom stereocenters. The molecule has 1 amide bonds. The third kappa shape index (κ3) is 4.75. The summed E-state index contributed by atoms with van der Waals surface area (Å²) in [6.07, 6.45) is 5.95. The number of carbonyl (C=O) groups excluding carboxylic acids is 1. The van der Waals surface area contributed by atoms with Gasteiger partial charge in [0.25, 0.3) is 5.91 Å². The maximum Gasteiger partial charge on any atom is 0.283 e. The molecule has 156 valence electrons. The zero-order chi connectivity index (χ0) is 21.8. The summed E-state index contributed by atoms with van der Waals surface area (Å²) in [5.74, 6) is 0.228. The average molecular weight is 433 g/mol. The van der Waals surface area contributed by atoms with Gasteiger partial charge < -0.3 is 4.84 Å². The number of nitrogens with zero attached hydrogens (tertiary/aromatic N) is 3. The molecule has 0 fully saturated rings. The van der Waals surface area contributed by atoms with E-state index in [2.05, 4.69) is 15.6 Å². The Bertz CT molecular complexity index is 1220. The van der Waals surface area contributed by atoms with Crippen molar-refractivity contribution in [1.29, 1.82) is 0 Å². The van der Waals surface area contributed by atoms with Crippen LogP contribution in [0.3, 0.4) is 0 Å². The number of hydroxylamine groups is 1. The van der Waals surface area contributed by atoms with Gasteiger partial charge in [0.15, 0.2) is 5.75 Å². The normalized spacial score (nSPS) is 10.7. The fourth-order valence-corrected chi connectivity index (χ4v) is 3.57. The van der Waals surface area contributed by atoms with Gasteiger partial charge in [0.05, 0.1) is 11.9 Å². The van der Waals surface area contributed by atoms with Gasteiger partial charge in [-0.3, -0.25) is 14.5 Å². The van der Waals surface area contributed by atoms with E-state index < -0.39 is 0 Å². The molecule has 0 aliphatic carbocycles. The van der Waals surface area contributed by atoms with E-state index in [0.717, 1.165) is 27.9 Å². The molecule has 31 heavy (non-hydrogen) atoms. The standard InChI is InChI=1S/C24H21ClN4O2/c1-16-22(20-14-27-29(2)15-20)26-13-19(11-17-7-6-10-21(25)12-17)23(16)31-28-24(30)18-8-4-3-5-9-18/h3-10,12-15H,11H2,1-2H3,(H,28,30). The van der Waals surface area contributed by atoms with Crippen LogP contribution in [0.25, 0.3) is 11.3 Å². The van der Waals surface area contributed by atoms with E-state index in [1.807, 2.05) is 50.5 Å². The zero-order valence-corrected chi connectivity index (χ0v) is 17.9. The Morgan fingerprint density at radius 1 is 1.13 bits per heavy atom. The highest BCUT2D eigenvalue weighted by atomic mass is 35.5. The van der Waals surface area contributed by atoms with Gasteiger partial charge in [-0.05, 0) is 36.8 Å². The summed E-state index contributed by atoms with van der Waals surface area (Å²) in [6, 6.07) is 16.5. The first-order valence-corrected chi connectivity index (χ1v) is 10.1. The molecule has 0 atom stereocenters. The minimum Gasteiger partial charge on any atom is -0.379 e. The predicted octanol–water partition coefficient (Wildman–Crippen LogP) is 4.76. The van der Waals surface area contributed by atoms with Crippen molar-refractivity contribution in [1.82, 2.24) is 20.2 Å². The summed E-state index contributed by atoms with van der Waals surface area (Å²) < 4.78 is 1.72. The number of carbonyl (C=O) groups is 1. The van der Waals surface area contributed by atoms with E-state index >= 15 is 0 Å². The van der Waals surface area contributed by atoms with Crippen LogP contribution in [0, 0.1) is 6.92 Å². The molecule has 0 spiro atoms. The number of aromatic nitrogens is 3. The molecule has 4 aromatic rings. The van der Waals surface area contributed by atoms with Gasteiger partial charge in [-0.1, -0.05) is 41.9 Å². The topological polar surface area (TPSA) is 69.0 Å². The quantitative estimate of drug-likeness (QED) is 0.446. The molecule has 0 bridgehead atoms. The number of hydrogen-bond donors (Lipinski definition) is 1. The molecular weight excluding hydrogens is 412 g/mol. The van der Waals surface area contributed by atoms with Crippen LogP contribution in [-0.2, 0) is 13.5 Å². The van der Waals surface area contributed by atoms with Gasteiger partial charge in [0.1, 0.15) is 0 Å². The molecule has 0 saturated carbocycles. The van der Waals surface area contributed by atoms with Crippen LogP contribution in [0.2, 0.25) is 5.02 Å². The Morgan fingerprint density at radius 2 is 1.94 bits per heavy atom. The lowest BCUT2D eigenvalue weighted by Gasteiger charge is -2.16. The second kappa shape index (κ2) is 9.02. The summed E-state index contributed by atoms with van der Waals surface area (Å²) in [6.45, 7) is 1.92. The van der Waals surface area contributed by atoms with Crippen molar-refractivity contribution < 1.29 is 9.63 Å². The van der Waals surface area contributed by atoms with E-state index in [1.165, 1.54) is 0 Å². The fraction of sp³-hybridized carbons (Fsp3) is 0.125. The Labute approximate surface area is 185 Å². The van der Waals surface area contributed by atoms with Crippen molar-refractivity contribution in [3.8, 4) is 17.0 Å². The number of halogens is 1. The first-order chi connectivity index (χ1) is 15.0. The van der Waals surface area contributed by atoms with Gasteiger partial charge in [-0.25, -0.2) is 0 Å². The zero-order valence-electron chi connectivity index (χ0n) is 17.2. The average Bonchev–Trinajstić information content (AvgIpc) is 3.20. The summed E-state index contributed by atoms with van der Waals surface area (Å²) in [5, 5.41) is 4.89. The van der Waals surface area contributed by atoms with Crippen molar-refractivity contribution >= 4 is 17.5 Å². The van der Waals surface area contributed by atoms with Crippen LogP contribution in [0.1, 0.15) is 27.0 Å². The highest BCUT2D eigenvalue weighted by molar-refractivity contribution is 6.30. The molecule has 2 aromatic carbocycles. The smallest absolute Gasteiger partial charge is 0.283 e. The van der Waals surface area contributed by atoms with E-state index in [0.29, 0.717) is 22.8 Å². The molecule has 2 aromatic heterocycles. The number of pyridine rings is 1. The van der Waals surface area contributed by atoms with Gasteiger partial charge >= 0.3 is 0 Å². The van der Waals surface area contributed by atoms with Gasteiger partial charge in [0.2, 0.25) is 0 Å². The summed E-state index contributed by atoms with van der Waals surface area (Å²) in [5.41, 5.74) is 7.34. The molecule has 0 radical (unpaired) electrons. The second-order valence-electron chi connectivity index (χ2n) is 7.19. The van der Waals surface area contributed by atoms with Crippen molar-refractivity contribution in [2.45, 2.75) is 13.3 Å². The van der Waals surface area contributed by atoms with Crippen molar-refractivity contribution in [3.63, 3.8) is 0 Å². The SMILES string of the molecule is Cc1c(-c2cnn(C)c2)ncc(Cc2cccc(Cl)c2)c1ONC(=O)c1ccccc1. The number of amides is 1. The first-order valence-electron chi connectivity index (χ1n) is 9.75. The van der Waals surface area contributed by atoms with Gasteiger partial charge in [-0.15, -0.1) is 0 Å². The molecule has 1 N–H and O–H groups in total. The summed E-state index contributed by atoms with van der Waals surface area (Å²) in [7, 11) is 1.85. The lowest BCUT2D eigenvalue weighted by Crippen LogP contribution is -2.28. The van der Waals surface area contributed by atoms with E-state index in [-0.39, 0.29) is 5.91 Å². The molecule has 0 saturated heterocycles. The Hall–Kier alpha value is -3.64. The first kappa shape index (κ1) is 20.6. The number of nitrogens with one attached hydrogen (secondary N) is 1. The highest BCUT2D eigenvalue weighted by Crippen LogP contribution is 2.32. The third-order valence-corrected chi connectivity index (χ3v) is 5.12. The predicted molar refractivity (Wildman–Crippen MR) is 120 cm³/mol. The van der Waals surface area contributed by atoms with E-state index in [1.54, 1.807) is 41.3 Å². The van der Waals surface area contributed by atoms with Crippen molar-refractivity contribution in [2.24, 2.45) is 7.05 Å². The molecular formula is C24H21ClN4O2. The monoisotopic (exact) mass is 432 g/mol. The number of benzene rings is 2. The van der Waals surface area contributed by atoms with Gasteiger partial charge in [0, 0.05) is 53.1 Å². The van der Waals surface area contributed by atoms with Crippen LogP contribution in [-0.4, -0.2) is 20.7 Å². The molecule has 0 aliphatic rings. The highest BCUT2D eigenvalue weighted by Gasteiger charge is 2.18. The van der Waals surface area contributed by atoms with Crippen molar-refractivity contribution in [2.75, 3.05) is 0 Å². The maximum absolute atomic E-state index is 12.5. The summed E-state index contributed by atoms with van der Waals surface area (Å²) >= 11 is 6.15. The van der Waals surface area contributed by atoms with Crippen molar-refractivity contribution in [3.05, 3.63) is 100 Å². The minimum atomic E-state index is -0.326. The fourth-order valence-electron chi connectivity index (χ4n) is 3.36. The number of aryl methyl sites for hydroxylation is 1. The lowest BCUT2D eigenvalue weighted by molar-refractivity contribution is 0.0757. The number of rotatable bonds is 6. The Balaban J connectivity index is 1.68. The largest absolute Gasteiger partial charge is 0.379 e. The van der Waals surface area contributed by atoms with Crippen LogP contribution in [0.4, 0.5) is 0 Å². The lowest BCUT2D eigenvalue weighted by atomic mass is 10.0. The minimum absolute atomic E-state index is 0.326. The van der Waals surface area contributed by atoms with Crippen LogP contribution < -0.4 is 10.3 Å². The molecule has 6 nitrogen and oxygen atoms in total. The Kier molecular flexibility index (Phi) is 6.00. The Morgan fingerprint density at radius 3 is 2.65 bits per heavy atom. The number of hydrogen-bond acceptors (Lipinski definition) is 4. The van der Waals surface area contributed by atoms with Crippen LogP contribution in [0.5, 0.6) is 5.75 Å². The molecule has 0 aliphatic heterocycles. The van der Waals surface area contributed by atoms with Crippen LogP contribution in [0.15, 0.2) is 73.2 Å². The molecule has 7 heteroatoms. The molecule has 4 rings (SSSR count). The van der Waals surface area contributed by atoms with E-state index in [9.17, 15) is 4.79 Å². The molecule has 2 heterocycles. The van der Waals surface area contributed by atoms with Gasteiger partial charge in [-0.2, -0.15) is 10.6 Å². The second-order valence-corrected chi connectivity index (χ2v) is 7.63. The van der Waals surface area contributed by atoms with E-state index in [4.69, 9.17) is 16.4 Å².